The molecule has 3 aromatic carbocycles. The first-order chi connectivity index (χ1) is 15.6. The highest BCUT2D eigenvalue weighted by Gasteiger charge is 2.34. The lowest BCUT2D eigenvalue weighted by atomic mass is 10.1. The molecular formula is C25H24N4O3. The van der Waals surface area contributed by atoms with Gasteiger partial charge >= 0.3 is 6.03 Å². The molecule has 4 amide bonds. The molecule has 32 heavy (non-hydrogen) atoms. The van der Waals surface area contributed by atoms with Crippen LogP contribution in [0.15, 0.2) is 84.9 Å². The van der Waals surface area contributed by atoms with E-state index in [-0.39, 0.29) is 30.2 Å². The summed E-state index contributed by atoms with van der Waals surface area (Å²) in [4.78, 5) is 38.8. The fraction of sp³-hybridized carbons (Fsp3) is 0.160. The summed E-state index contributed by atoms with van der Waals surface area (Å²) in [5.41, 5.74) is 2.95. The number of benzene rings is 3. The highest BCUT2D eigenvalue weighted by molar-refractivity contribution is 6.00. The minimum atomic E-state index is -0.388. The first-order valence-electron chi connectivity index (χ1n) is 10.4. The van der Waals surface area contributed by atoms with Gasteiger partial charge in [0, 0.05) is 36.6 Å². The van der Waals surface area contributed by atoms with Crippen molar-refractivity contribution in [3.8, 4) is 0 Å². The Labute approximate surface area is 186 Å². The van der Waals surface area contributed by atoms with E-state index in [0.717, 1.165) is 5.56 Å². The van der Waals surface area contributed by atoms with E-state index in [1.807, 2.05) is 48.5 Å². The van der Waals surface area contributed by atoms with Crippen molar-refractivity contribution in [2.45, 2.75) is 13.0 Å². The van der Waals surface area contributed by atoms with Gasteiger partial charge in [-0.25, -0.2) is 4.79 Å². The fourth-order valence-corrected chi connectivity index (χ4v) is 3.60. The quantitative estimate of drug-likeness (QED) is 0.546. The van der Waals surface area contributed by atoms with E-state index in [0.29, 0.717) is 30.2 Å². The van der Waals surface area contributed by atoms with Crippen LogP contribution in [0.5, 0.6) is 0 Å². The van der Waals surface area contributed by atoms with E-state index in [9.17, 15) is 14.4 Å². The minimum absolute atomic E-state index is 0.0158. The third-order valence-corrected chi connectivity index (χ3v) is 5.24. The van der Waals surface area contributed by atoms with Gasteiger partial charge in [-0.05, 0) is 42.0 Å². The third kappa shape index (κ3) is 5.51. The molecule has 7 nitrogen and oxygen atoms in total. The molecule has 0 aromatic heterocycles. The zero-order valence-corrected chi connectivity index (χ0v) is 17.5. The Kier molecular flexibility index (Phi) is 6.46. The van der Waals surface area contributed by atoms with Crippen molar-refractivity contribution in [1.82, 2.24) is 4.90 Å². The monoisotopic (exact) mass is 428 g/mol. The van der Waals surface area contributed by atoms with Crippen LogP contribution in [0.25, 0.3) is 0 Å². The van der Waals surface area contributed by atoms with Crippen LogP contribution in [0.1, 0.15) is 12.0 Å². The van der Waals surface area contributed by atoms with E-state index < -0.39 is 0 Å². The second kappa shape index (κ2) is 9.78. The van der Waals surface area contributed by atoms with Crippen molar-refractivity contribution in [3.05, 3.63) is 90.5 Å². The van der Waals surface area contributed by atoms with Crippen LogP contribution in [-0.2, 0) is 16.1 Å². The Bertz CT molecular complexity index is 1090. The van der Waals surface area contributed by atoms with Gasteiger partial charge in [0.25, 0.3) is 0 Å². The number of urea groups is 1. The summed E-state index contributed by atoms with van der Waals surface area (Å²) in [5, 5.41) is 8.35. The number of nitrogens with zero attached hydrogens (tertiary/aromatic N) is 1. The zero-order valence-electron chi connectivity index (χ0n) is 17.5. The third-order valence-electron chi connectivity index (χ3n) is 5.24. The average molecular weight is 428 g/mol. The van der Waals surface area contributed by atoms with Gasteiger partial charge in [0.15, 0.2) is 0 Å². The second-order valence-electron chi connectivity index (χ2n) is 7.67. The SMILES string of the molecule is O=C(Nc1ccccc1)Nc1ccc(NC(=O)C2CC(=O)N(Cc3ccccc3)C2)cc1. The molecule has 0 radical (unpaired) electrons. The predicted molar refractivity (Wildman–Crippen MR) is 124 cm³/mol. The summed E-state index contributed by atoms with van der Waals surface area (Å²) in [6, 6.07) is 25.4. The number of carbonyl (C=O) groups is 3. The van der Waals surface area contributed by atoms with Crippen molar-refractivity contribution in [2.75, 3.05) is 22.5 Å². The number of para-hydroxylation sites is 1. The van der Waals surface area contributed by atoms with Crippen LogP contribution < -0.4 is 16.0 Å². The van der Waals surface area contributed by atoms with Crippen LogP contribution in [-0.4, -0.2) is 29.3 Å². The lowest BCUT2D eigenvalue weighted by Crippen LogP contribution is -2.28. The van der Waals surface area contributed by atoms with Gasteiger partial charge in [-0.2, -0.15) is 0 Å². The number of hydrogen-bond donors (Lipinski definition) is 3. The minimum Gasteiger partial charge on any atom is -0.338 e. The average Bonchev–Trinajstić information content (AvgIpc) is 3.17. The highest BCUT2D eigenvalue weighted by Crippen LogP contribution is 2.22. The van der Waals surface area contributed by atoms with Gasteiger partial charge in [-0.15, -0.1) is 0 Å². The normalized spacial score (nSPS) is 15.3. The molecule has 1 atom stereocenters. The first kappa shape index (κ1) is 21.1. The molecule has 1 unspecified atom stereocenters. The smallest absolute Gasteiger partial charge is 0.323 e. The largest absolute Gasteiger partial charge is 0.338 e. The van der Waals surface area contributed by atoms with Crippen molar-refractivity contribution < 1.29 is 14.4 Å². The molecule has 1 saturated heterocycles. The molecule has 162 valence electrons. The Hall–Kier alpha value is -4.13. The zero-order chi connectivity index (χ0) is 22.3. The summed E-state index contributed by atoms with van der Waals surface area (Å²) in [6.45, 7) is 0.910. The van der Waals surface area contributed by atoms with Gasteiger partial charge in [0.2, 0.25) is 11.8 Å². The van der Waals surface area contributed by atoms with Crippen LogP contribution in [0.3, 0.4) is 0 Å². The van der Waals surface area contributed by atoms with Gasteiger partial charge in [0.1, 0.15) is 0 Å². The lowest BCUT2D eigenvalue weighted by molar-refractivity contribution is -0.128. The van der Waals surface area contributed by atoms with Crippen molar-refractivity contribution in [3.63, 3.8) is 0 Å². The maximum atomic E-state index is 12.7. The number of amides is 4. The molecule has 4 rings (SSSR count). The molecule has 1 aliphatic heterocycles. The van der Waals surface area contributed by atoms with E-state index in [2.05, 4.69) is 16.0 Å². The molecule has 1 fully saturated rings. The Morgan fingerprint density at radius 3 is 1.91 bits per heavy atom. The predicted octanol–water partition coefficient (Wildman–Crippen LogP) is 4.32. The number of rotatable bonds is 6. The van der Waals surface area contributed by atoms with Crippen LogP contribution in [0.4, 0.5) is 21.9 Å². The molecule has 0 aliphatic carbocycles. The van der Waals surface area contributed by atoms with Crippen molar-refractivity contribution in [1.29, 1.82) is 0 Å². The second-order valence-corrected chi connectivity index (χ2v) is 7.67. The van der Waals surface area contributed by atoms with Gasteiger partial charge in [-0.3, -0.25) is 9.59 Å². The summed E-state index contributed by atoms with van der Waals surface area (Å²) >= 11 is 0. The molecule has 0 saturated carbocycles. The van der Waals surface area contributed by atoms with Gasteiger partial charge < -0.3 is 20.9 Å². The highest BCUT2D eigenvalue weighted by atomic mass is 16.2. The maximum Gasteiger partial charge on any atom is 0.323 e. The fourth-order valence-electron chi connectivity index (χ4n) is 3.60. The summed E-state index contributed by atoms with van der Waals surface area (Å²) in [6.07, 6.45) is 0.206. The molecule has 3 N–H and O–H groups in total. The molecule has 0 spiro atoms. The summed E-state index contributed by atoms with van der Waals surface area (Å²) in [5.74, 6) is -0.588. The Morgan fingerprint density at radius 2 is 1.28 bits per heavy atom. The van der Waals surface area contributed by atoms with Gasteiger partial charge in [0.05, 0.1) is 5.92 Å². The van der Waals surface area contributed by atoms with Crippen molar-refractivity contribution in [2.24, 2.45) is 5.92 Å². The number of hydrogen-bond acceptors (Lipinski definition) is 3. The molecule has 3 aromatic rings. The molecule has 7 heteroatoms. The van der Waals surface area contributed by atoms with Crippen LogP contribution in [0, 0.1) is 5.92 Å². The molecule has 1 aliphatic rings. The van der Waals surface area contributed by atoms with Crippen LogP contribution in [0.2, 0.25) is 0 Å². The summed E-state index contributed by atoms with van der Waals surface area (Å²) in [7, 11) is 0. The van der Waals surface area contributed by atoms with E-state index in [1.165, 1.54) is 0 Å². The lowest BCUT2D eigenvalue weighted by Gasteiger charge is -2.16. The topological polar surface area (TPSA) is 90.5 Å². The molecule has 0 bridgehead atoms. The summed E-state index contributed by atoms with van der Waals surface area (Å²) < 4.78 is 0. The Balaban J connectivity index is 1.28. The Morgan fingerprint density at radius 1 is 0.750 bits per heavy atom. The molecular weight excluding hydrogens is 404 g/mol. The van der Waals surface area contributed by atoms with Gasteiger partial charge in [-0.1, -0.05) is 48.5 Å². The van der Waals surface area contributed by atoms with Crippen molar-refractivity contribution >= 4 is 34.9 Å². The number of carbonyl (C=O) groups excluding carboxylic acids is 3. The van der Waals surface area contributed by atoms with E-state index >= 15 is 0 Å². The van der Waals surface area contributed by atoms with Crippen LogP contribution >= 0.6 is 0 Å². The number of likely N-dealkylation sites (tertiary alicyclic amines) is 1. The van der Waals surface area contributed by atoms with E-state index in [1.54, 1.807) is 41.3 Å². The first-order valence-corrected chi connectivity index (χ1v) is 10.4. The molecule has 1 heterocycles. The number of anilines is 3. The maximum absolute atomic E-state index is 12.7. The van der Waals surface area contributed by atoms with E-state index in [4.69, 9.17) is 0 Å². The number of nitrogens with one attached hydrogen (secondary N) is 3. The standard InChI is InChI=1S/C25H24N4O3/c30-23-15-19(17-29(23)16-18-7-3-1-4-8-18)24(31)26-21-11-13-22(14-12-21)28-25(32)27-20-9-5-2-6-10-20/h1-14,19H,15-17H2,(H,26,31)(H2,27,28,32).